The average Bonchev–Trinajstić information content (AvgIpc) is 2.35. The van der Waals surface area contributed by atoms with Gasteiger partial charge in [-0.3, -0.25) is 0 Å². The van der Waals surface area contributed by atoms with Crippen LogP contribution in [-0.4, -0.2) is 20.5 Å². The van der Waals surface area contributed by atoms with Gasteiger partial charge >= 0.3 is 0 Å². The van der Waals surface area contributed by atoms with E-state index in [2.05, 4.69) is 5.32 Å². The summed E-state index contributed by atoms with van der Waals surface area (Å²) in [7, 11) is -3.89. The minimum absolute atomic E-state index is 0.212. The molecule has 0 bridgehead atoms. The van der Waals surface area contributed by atoms with E-state index in [1.54, 1.807) is 0 Å². The summed E-state index contributed by atoms with van der Waals surface area (Å²) in [5, 5.41) is 7.83. The molecule has 0 saturated carbocycles. The molecular weight excluding hydrogens is 269 g/mol. The van der Waals surface area contributed by atoms with Gasteiger partial charge in [-0.25, -0.2) is 17.9 Å². The van der Waals surface area contributed by atoms with Crippen molar-refractivity contribution in [1.82, 2.24) is 0 Å². The smallest absolute Gasteiger partial charge is 0.238 e. The van der Waals surface area contributed by atoms with Gasteiger partial charge in [-0.15, -0.1) is 0 Å². The van der Waals surface area contributed by atoms with E-state index in [0.29, 0.717) is 6.54 Å². The molecule has 1 aromatic carbocycles. The summed E-state index contributed by atoms with van der Waals surface area (Å²) in [5.74, 6) is -0.666. The first-order valence-corrected chi connectivity index (χ1v) is 7.61. The number of anilines is 1. The second-order valence-electron chi connectivity index (χ2n) is 4.61. The Kier molecular flexibility index (Phi) is 4.89. The van der Waals surface area contributed by atoms with Crippen molar-refractivity contribution in [2.24, 2.45) is 10.9 Å². The topological polar surface area (TPSA) is 98.2 Å². The van der Waals surface area contributed by atoms with Gasteiger partial charge in [-0.05, 0) is 31.0 Å². The molecule has 1 rings (SSSR count). The second kappa shape index (κ2) is 5.85. The van der Waals surface area contributed by atoms with Crippen molar-refractivity contribution < 1.29 is 12.8 Å². The third kappa shape index (κ3) is 4.15. The molecule has 0 unspecified atom stereocenters. The SMILES string of the molecule is CCC(N)(CC)CNc1ccc(S(N)(=O)=O)cc1F. The molecule has 19 heavy (non-hydrogen) atoms. The van der Waals surface area contributed by atoms with Crippen molar-refractivity contribution in [1.29, 1.82) is 0 Å². The van der Waals surface area contributed by atoms with Gasteiger partial charge in [0, 0.05) is 12.1 Å². The monoisotopic (exact) mass is 289 g/mol. The Bertz CT molecular complexity index is 542. The largest absolute Gasteiger partial charge is 0.381 e. The highest BCUT2D eigenvalue weighted by Gasteiger charge is 2.20. The summed E-state index contributed by atoms with van der Waals surface area (Å²) in [4.78, 5) is -0.249. The van der Waals surface area contributed by atoms with E-state index in [1.807, 2.05) is 13.8 Å². The molecule has 0 spiro atoms. The van der Waals surface area contributed by atoms with Crippen molar-refractivity contribution in [3.63, 3.8) is 0 Å². The van der Waals surface area contributed by atoms with Crippen LogP contribution in [0.4, 0.5) is 10.1 Å². The van der Waals surface area contributed by atoms with E-state index < -0.39 is 21.4 Å². The fourth-order valence-corrected chi connectivity index (χ4v) is 2.11. The standard InChI is InChI=1S/C12H20FN3O2S/c1-3-12(14,4-2)8-16-11-6-5-9(7-10(11)13)19(15,17)18/h5-7,16H,3-4,8,14H2,1-2H3,(H2,15,17,18). The molecule has 0 fully saturated rings. The van der Waals surface area contributed by atoms with E-state index in [4.69, 9.17) is 10.9 Å². The summed E-state index contributed by atoms with van der Waals surface area (Å²) in [6.45, 7) is 4.34. The van der Waals surface area contributed by atoms with Gasteiger partial charge < -0.3 is 11.1 Å². The molecule has 7 heteroatoms. The predicted molar refractivity (Wildman–Crippen MR) is 73.8 cm³/mol. The van der Waals surface area contributed by atoms with Gasteiger partial charge in [0.25, 0.3) is 0 Å². The first-order chi connectivity index (χ1) is 8.72. The number of hydrogen-bond acceptors (Lipinski definition) is 4. The zero-order valence-electron chi connectivity index (χ0n) is 11.1. The Morgan fingerprint density at radius 2 is 1.89 bits per heavy atom. The quantitative estimate of drug-likeness (QED) is 0.737. The number of benzene rings is 1. The van der Waals surface area contributed by atoms with Crippen LogP contribution in [0.15, 0.2) is 23.1 Å². The highest BCUT2D eigenvalue weighted by Crippen LogP contribution is 2.20. The lowest BCUT2D eigenvalue weighted by atomic mass is 9.94. The Balaban J connectivity index is 2.87. The van der Waals surface area contributed by atoms with Crippen LogP contribution in [0.1, 0.15) is 26.7 Å². The summed E-state index contributed by atoms with van der Waals surface area (Å²) < 4.78 is 35.9. The molecule has 0 aromatic heterocycles. The van der Waals surface area contributed by atoms with E-state index in [1.165, 1.54) is 12.1 Å². The number of rotatable bonds is 6. The third-order valence-electron chi connectivity index (χ3n) is 3.31. The molecule has 5 N–H and O–H groups in total. The Morgan fingerprint density at radius 3 is 2.32 bits per heavy atom. The van der Waals surface area contributed by atoms with Crippen LogP contribution in [0.5, 0.6) is 0 Å². The average molecular weight is 289 g/mol. The van der Waals surface area contributed by atoms with E-state index in [9.17, 15) is 12.8 Å². The minimum atomic E-state index is -3.89. The first kappa shape index (κ1) is 15.9. The molecule has 108 valence electrons. The maximum atomic E-state index is 13.7. The summed E-state index contributed by atoms with van der Waals surface area (Å²) in [5.41, 5.74) is 5.89. The van der Waals surface area contributed by atoms with Crippen LogP contribution >= 0.6 is 0 Å². The fraction of sp³-hybridized carbons (Fsp3) is 0.500. The number of nitrogens with one attached hydrogen (secondary N) is 1. The molecule has 0 saturated heterocycles. The van der Waals surface area contributed by atoms with Crippen LogP contribution < -0.4 is 16.2 Å². The number of hydrogen-bond donors (Lipinski definition) is 3. The molecule has 0 aliphatic heterocycles. The van der Waals surface area contributed by atoms with Crippen molar-refractivity contribution >= 4 is 15.7 Å². The van der Waals surface area contributed by atoms with Gasteiger partial charge in [-0.1, -0.05) is 13.8 Å². The van der Waals surface area contributed by atoms with Gasteiger partial charge in [0.15, 0.2) is 0 Å². The van der Waals surface area contributed by atoms with Crippen molar-refractivity contribution in [2.75, 3.05) is 11.9 Å². The zero-order valence-corrected chi connectivity index (χ0v) is 11.9. The molecule has 0 amide bonds. The lowest BCUT2D eigenvalue weighted by Gasteiger charge is -2.27. The van der Waals surface area contributed by atoms with Crippen LogP contribution in [-0.2, 0) is 10.0 Å². The molecule has 1 aromatic rings. The normalized spacial score (nSPS) is 12.5. The van der Waals surface area contributed by atoms with E-state index >= 15 is 0 Å². The molecule has 0 atom stereocenters. The lowest BCUT2D eigenvalue weighted by Crippen LogP contribution is -2.45. The number of primary sulfonamides is 1. The molecule has 5 nitrogen and oxygen atoms in total. The maximum absolute atomic E-state index is 13.7. The third-order valence-corrected chi connectivity index (χ3v) is 4.22. The van der Waals surface area contributed by atoms with Crippen molar-refractivity contribution in [2.45, 2.75) is 37.1 Å². The van der Waals surface area contributed by atoms with Crippen LogP contribution in [0, 0.1) is 5.82 Å². The molecule has 0 radical (unpaired) electrons. The van der Waals surface area contributed by atoms with Crippen molar-refractivity contribution in [3.8, 4) is 0 Å². The summed E-state index contributed by atoms with van der Waals surface area (Å²) in [6.07, 6.45) is 1.51. The number of nitrogens with two attached hydrogens (primary N) is 2. The van der Waals surface area contributed by atoms with E-state index in [0.717, 1.165) is 18.9 Å². The van der Waals surface area contributed by atoms with Gasteiger partial charge in [0.1, 0.15) is 5.82 Å². The molecule has 0 heterocycles. The summed E-state index contributed by atoms with van der Waals surface area (Å²) in [6, 6.07) is 3.51. The molecule has 0 aliphatic rings. The van der Waals surface area contributed by atoms with Crippen LogP contribution in [0.25, 0.3) is 0 Å². The van der Waals surface area contributed by atoms with Gasteiger partial charge in [-0.2, -0.15) is 0 Å². The maximum Gasteiger partial charge on any atom is 0.238 e. The Morgan fingerprint density at radius 1 is 1.32 bits per heavy atom. The van der Waals surface area contributed by atoms with Crippen LogP contribution in [0.2, 0.25) is 0 Å². The highest BCUT2D eigenvalue weighted by atomic mass is 32.2. The van der Waals surface area contributed by atoms with E-state index in [-0.39, 0.29) is 10.6 Å². The molecular formula is C12H20FN3O2S. The van der Waals surface area contributed by atoms with Gasteiger partial charge in [0.2, 0.25) is 10.0 Å². The second-order valence-corrected chi connectivity index (χ2v) is 6.17. The minimum Gasteiger partial charge on any atom is -0.381 e. The number of halogens is 1. The Labute approximate surface area is 113 Å². The fourth-order valence-electron chi connectivity index (χ4n) is 1.59. The summed E-state index contributed by atoms with van der Waals surface area (Å²) >= 11 is 0. The highest BCUT2D eigenvalue weighted by molar-refractivity contribution is 7.89. The zero-order chi connectivity index (χ0) is 14.7. The van der Waals surface area contributed by atoms with Crippen molar-refractivity contribution in [3.05, 3.63) is 24.0 Å². The first-order valence-electron chi connectivity index (χ1n) is 6.07. The molecule has 0 aliphatic carbocycles. The number of sulfonamides is 1. The Hall–Kier alpha value is -1.18. The van der Waals surface area contributed by atoms with Gasteiger partial charge in [0.05, 0.1) is 10.6 Å². The predicted octanol–water partition coefficient (Wildman–Crippen LogP) is 1.40. The lowest BCUT2D eigenvalue weighted by molar-refractivity contribution is 0.417. The van der Waals surface area contributed by atoms with Crippen LogP contribution in [0.3, 0.4) is 0 Å².